The zero-order valence-electron chi connectivity index (χ0n) is 16.2. The van der Waals surface area contributed by atoms with Crippen molar-refractivity contribution in [2.45, 2.75) is 24.9 Å². The zero-order chi connectivity index (χ0) is 21.3. The van der Waals surface area contributed by atoms with Gasteiger partial charge in [-0.2, -0.15) is 0 Å². The molecule has 1 N–H and O–H groups in total. The second kappa shape index (κ2) is 8.23. The Morgan fingerprint density at radius 1 is 1.10 bits per heavy atom. The SMILES string of the molecule is CC1=C(C(=O)OCc2ccccc2)N2C(=O)[C@H](NC(=O)c3ccccc3)[C@H]2S(=O)C1. The predicted octanol–water partition coefficient (Wildman–Crippen LogP) is 1.73. The monoisotopic (exact) mass is 424 g/mol. The van der Waals surface area contributed by atoms with Gasteiger partial charge in [-0.25, -0.2) is 4.79 Å². The first-order chi connectivity index (χ1) is 14.5. The maximum absolute atomic E-state index is 12.8. The number of carbonyl (C=O) groups is 3. The summed E-state index contributed by atoms with van der Waals surface area (Å²) >= 11 is 0. The first-order valence-corrected chi connectivity index (χ1v) is 10.8. The molecule has 0 bridgehead atoms. The maximum atomic E-state index is 12.8. The minimum Gasteiger partial charge on any atom is -0.456 e. The van der Waals surface area contributed by atoms with Crippen LogP contribution in [0.15, 0.2) is 71.9 Å². The molecule has 2 aromatic rings. The van der Waals surface area contributed by atoms with Crippen molar-refractivity contribution in [2.75, 3.05) is 5.75 Å². The summed E-state index contributed by atoms with van der Waals surface area (Å²) in [5.74, 6) is -1.39. The fourth-order valence-electron chi connectivity index (χ4n) is 3.55. The Morgan fingerprint density at radius 2 is 1.73 bits per heavy atom. The number of β-lactam (4-membered cyclic amide) rings is 1. The van der Waals surface area contributed by atoms with Gasteiger partial charge in [-0.1, -0.05) is 48.5 Å². The summed E-state index contributed by atoms with van der Waals surface area (Å²) in [6, 6.07) is 16.7. The van der Waals surface area contributed by atoms with Gasteiger partial charge in [0, 0.05) is 11.3 Å². The van der Waals surface area contributed by atoms with Crippen LogP contribution in [0.5, 0.6) is 0 Å². The van der Waals surface area contributed by atoms with E-state index >= 15 is 0 Å². The molecule has 2 aliphatic rings. The van der Waals surface area contributed by atoms with Gasteiger partial charge in [-0.15, -0.1) is 0 Å². The number of hydrogen-bond donors (Lipinski definition) is 1. The van der Waals surface area contributed by atoms with Gasteiger partial charge >= 0.3 is 5.97 Å². The number of benzene rings is 2. The number of nitrogens with zero attached hydrogens (tertiary/aromatic N) is 1. The molecular formula is C22H20N2O5S. The maximum Gasteiger partial charge on any atom is 0.355 e. The van der Waals surface area contributed by atoms with Crippen molar-refractivity contribution < 1.29 is 23.3 Å². The van der Waals surface area contributed by atoms with Crippen LogP contribution >= 0.6 is 0 Å². The molecule has 2 aliphatic heterocycles. The first-order valence-electron chi connectivity index (χ1n) is 9.44. The van der Waals surface area contributed by atoms with Crippen molar-refractivity contribution in [3.05, 3.63) is 83.1 Å². The summed E-state index contributed by atoms with van der Waals surface area (Å²) in [6.45, 7) is 1.73. The van der Waals surface area contributed by atoms with E-state index in [0.717, 1.165) is 5.56 Å². The summed E-state index contributed by atoms with van der Waals surface area (Å²) in [5, 5.41) is 1.86. The normalized spacial score (nSPS) is 22.8. The lowest BCUT2D eigenvalue weighted by atomic mass is 10.0. The van der Waals surface area contributed by atoms with Crippen molar-refractivity contribution in [3.8, 4) is 0 Å². The zero-order valence-corrected chi connectivity index (χ0v) is 17.1. The summed E-state index contributed by atoms with van der Waals surface area (Å²) < 4.78 is 18.1. The van der Waals surface area contributed by atoms with Crippen LogP contribution in [0.2, 0.25) is 0 Å². The van der Waals surface area contributed by atoms with Crippen LogP contribution in [0.1, 0.15) is 22.8 Å². The van der Waals surface area contributed by atoms with Crippen molar-refractivity contribution in [3.63, 3.8) is 0 Å². The van der Waals surface area contributed by atoms with E-state index in [1.165, 1.54) is 4.90 Å². The number of carbonyl (C=O) groups excluding carboxylic acids is 3. The van der Waals surface area contributed by atoms with E-state index < -0.39 is 40.0 Å². The number of rotatable bonds is 5. The van der Waals surface area contributed by atoms with Crippen LogP contribution in [0.4, 0.5) is 0 Å². The average molecular weight is 424 g/mol. The molecule has 2 heterocycles. The van der Waals surface area contributed by atoms with Gasteiger partial charge in [0.15, 0.2) is 0 Å². The molecule has 0 saturated carbocycles. The summed E-state index contributed by atoms with van der Waals surface area (Å²) in [5.41, 5.74) is 1.87. The van der Waals surface area contributed by atoms with Gasteiger partial charge in [0.25, 0.3) is 11.8 Å². The molecule has 1 fully saturated rings. The van der Waals surface area contributed by atoms with E-state index in [1.54, 1.807) is 37.3 Å². The fourth-order valence-corrected chi connectivity index (χ4v) is 5.22. The van der Waals surface area contributed by atoms with Crippen LogP contribution < -0.4 is 5.32 Å². The van der Waals surface area contributed by atoms with Gasteiger partial charge in [0.1, 0.15) is 23.7 Å². The molecule has 4 rings (SSSR count). The Balaban J connectivity index is 1.49. The molecule has 0 spiro atoms. The molecular weight excluding hydrogens is 404 g/mol. The van der Waals surface area contributed by atoms with E-state index in [4.69, 9.17) is 4.74 Å². The Bertz CT molecular complexity index is 1050. The lowest BCUT2D eigenvalue weighted by Gasteiger charge is -2.49. The van der Waals surface area contributed by atoms with Crippen molar-refractivity contribution >= 4 is 28.6 Å². The van der Waals surface area contributed by atoms with Crippen LogP contribution in [-0.4, -0.2) is 44.1 Å². The number of ether oxygens (including phenoxy) is 1. The minimum absolute atomic E-state index is 0.0699. The number of esters is 1. The van der Waals surface area contributed by atoms with Gasteiger partial charge < -0.3 is 10.1 Å². The molecule has 2 amide bonds. The molecule has 3 atom stereocenters. The van der Waals surface area contributed by atoms with Crippen LogP contribution in [0.3, 0.4) is 0 Å². The Kier molecular flexibility index (Phi) is 5.50. The van der Waals surface area contributed by atoms with E-state index in [9.17, 15) is 18.6 Å². The third-order valence-corrected chi connectivity index (χ3v) is 6.78. The second-order valence-corrected chi connectivity index (χ2v) is 8.66. The molecule has 0 aliphatic carbocycles. The molecule has 154 valence electrons. The van der Waals surface area contributed by atoms with Gasteiger partial charge in [0.05, 0.1) is 10.8 Å². The van der Waals surface area contributed by atoms with E-state index in [0.29, 0.717) is 11.1 Å². The molecule has 2 aromatic carbocycles. The van der Waals surface area contributed by atoms with Crippen LogP contribution in [-0.2, 0) is 31.7 Å². The Hall–Kier alpha value is -3.26. The topological polar surface area (TPSA) is 92.8 Å². The molecule has 1 unspecified atom stereocenters. The Labute approximate surface area is 176 Å². The highest BCUT2D eigenvalue weighted by atomic mass is 32.2. The van der Waals surface area contributed by atoms with Crippen molar-refractivity contribution in [1.29, 1.82) is 0 Å². The number of hydrogen-bond acceptors (Lipinski definition) is 5. The number of fused-ring (bicyclic) bond motifs is 1. The molecule has 1 saturated heterocycles. The number of nitrogens with one attached hydrogen (secondary N) is 1. The summed E-state index contributed by atoms with van der Waals surface area (Å²) in [7, 11) is -1.43. The average Bonchev–Trinajstić information content (AvgIpc) is 2.76. The Morgan fingerprint density at radius 3 is 2.40 bits per heavy atom. The second-order valence-electron chi connectivity index (χ2n) is 7.13. The molecule has 30 heavy (non-hydrogen) atoms. The van der Waals surface area contributed by atoms with E-state index in [-0.39, 0.29) is 18.1 Å². The van der Waals surface area contributed by atoms with E-state index in [2.05, 4.69) is 5.32 Å². The van der Waals surface area contributed by atoms with Gasteiger partial charge in [-0.05, 0) is 30.2 Å². The first kappa shape index (κ1) is 20.0. The minimum atomic E-state index is -1.43. The molecule has 0 aromatic heterocycles. The van der Waals surface area contributed by atoms with Crippen LogP contribution in [0.25, 0.3) is 0 Å². The highest BCUT2D eigenvalue weighted by molar-refractivity contribution is 7.86. The molecule has 7 nitrogen and oxygen atoms in total. The highest BCUT2D eigenvalue weighted by Gasteiger charge is 2.56. The lowest BCUT2D eigenvalue weighted by Crippen LogP contribution is -2.73. The lowest BCUT2D eigenvalue weighted by molar-refractivity contribution is -0.152. The van der Waals surface area contributed by atoms with Gasteiger partial charge in [-0.3, -0.25) is 18.7 Å². The predicted molar refractivity (Wildman–Crippen MR) is 110 cm³/mol. The van der Waals surface area contributed by atoms with Crippen molar-refractivity contribution in [2.24, 2.45) is 0 Å². The highest BCUT2D eigenvalue weighted by Crippen LogP contribution is 2.35. The summed E-state index contributed by atoms with van der Waals surface area (Å²) in [4.78, 5) is 39.1. The smallest absolute Gasteiger partial charge is 0.355 e. The standard InChI is InChI=1S/C22H20N2O5S/c1-14-13-30(28)21-17(23-19(25)16-10-6-3-7-11-16)20(26)24(21)18(14)22(27)29-12-15-8-4-2-5-9-15/h2-11,17,21H,12-13H2,1H3,(H,23,25)/t17-,21+,30?/m0/s1. The third-order valence-electron chi connectivity index (χ3n) is 5.05. The quantitative estimate of drug-likeness (QED) is 0.583. The van der Waals surface area contributed by atoms with Crippen LogP contribution in [0, 0.1) is 0 Å². The van der Waals surface area contributed by atoms with E-state index in [1.807, 2.05) is 30.3 Å². The number of amides is 2. The third kappa shape index (κ3) is 3.66. The van der Waals surface area contributed by atoms with Crippen molar-refractivity contribution in [1.82, 2.24) is 10.2 Å². The largest absolute Gasteiger partial charge is 0.456 e. The van der Waals surface area contributed by atoms with Gasteiger partial charge in [0.2, 0.25) is 0 Å². The molecule has 8 heteroatoms. The fraction of sp³-hybridized carbons (Fsp3) is 0.227. The summed E-state index contributed by atoms with van der Waals surface area (Å²) in [6.07, 6.45) is 0. The molecule has 0 radical (unpaired) electrons.